The van der Waals surface area contributed by atoms with E-state index in [2.05, 4.69) is 0 Å². The molecule has 10 atom stereocenters. The first-order valence-corrected chi connectivity index (χ1v) is 19.8. The molecule has 44 heavy (non-hydrogen) atoms. The summed E-state index contributed by atoms with van der Waals surface area (Å²) in [6.45, 7) is 1.94. The molecule has 0 radical (unpaired) electrons. The molecule has 0 aromatic carbocycles. The Kier molecular flexibility index (Phi) is 22.7. The molecule has 4 rings (SSSR count). The molecule has 8 nitrogen and oxygen atoms in total. The third-order valence-electron chi connectivity index (χ3n) is 10.2. The fourth-order valence-electron chi connectivity index (χ4n) is 8.36. The molecule has 260 valence electrons. The summed E-state index contributed by atoms with van der Waals surface area (Å²) in [6.07, 6.45) is 21.9. The molecule has 0 saturated heterocycles. The summed E-state index contributed by atoms with van der Waals surface area (Å²) < 4.78 is 0. The monoisotopic (exact) mass is 752 g/mol. The molecule has 11 heteroatoms. The SMILES string of the molecule is CC(=O)[O-].CC(=O)[O-].OC1CCC(C(CCPCCCPCCC(C2CCC(O)C2)C2CCC(O)C2)C2CCC(O)C2)C1.[Pd+2]. The zero-order valence-electron chi connectivity index (χ0n) is 26.9. The molecule has 0 amide bonds. The minimum absolute atomic E-state index is 0. The Hall–Kier alpha value is 0.302. The second-order valence-electron chi connectivity index (χ2n) is 13.6. The molecular formula is C33H60O8P2Pd. The summed E-state index contributed by atoms with van der Waals surface area (Å²) in [5, 5.41) is 58.0. The van der Waals surface area contributed by atoms with Crippen molar-refractivity contribution >= 4 is 29.1 Å². The van der Waals surface area contributed by atoms with E-state index in [0.29, 0.717) is 23.7 Å². The molecule has 0 bridgehead atoms. The van der Waals surface area contributed by atoms with Gasteiger partial charge in [0.25, 0.3) is 0 Å². The van der Waals surface area contributed by atoms with Crippen LogP contribution in [0.15, 0.2) is 0 Å². The first-order valence-electron chi connectivity index (χ1n) is 16.9. The molecule has 4 aliphatic rings. The molecular weight excluding hydrogens is 693 g/mol. The maximum atomic E-state index is 10.1. The largest absolute Gasteiger partial charge is 2.00 e. The van der Waals surface area contributed by atoms with E-state index in [1.165, 1.54) is 69.6 Å². The molecule has 0 aliphatic heterocycles. The van der Waals surface area contributed by atoms with Crippen molar-refractivity contribution in [2.75, 3.05) is 24.6 Å². The first kappa shape index (κ1) is 42.3. The Morgan fingerprint density at radius 2 is 0.818 bits per heavy atom. The van der Waals surface area contributed by atoms with Crippen LogP contribution in [-0.2, 0) is 30.0 Å². The minimum atomic E-state index is -1.08. The average molecular weight is 753 g/mol. The van der Waals surface area contributed by atoms with Gasteiger partial charge in [-0.05, 0) is 170 Å². The van der Waals surface area contributed by atoms with Gasteiger partial charge in [-0.25, -0.2) is 0 Å². The van der Waals surface area contributed by atoms with E-state index in [1.54, 1.807) is 0 Å². The molecule has 4 saturated carbocycles. The van der Waals surface area contributed by atoms with E-state index in [1.807, 2.05) is 0 Å². The Morgan fingerprint density at radius 1 is 0.568 bits per heavy atom. The van der Waals surface area contributed by atoms with Crippen LogP contribution in [0.3, 0.4) is 0 Å². The summed E-state index contributed by atoms with van der Waals surface area (Å²) in [5.74, 6) is 2.09. The van der Waals surface area contributed by atoms with Crippen LogP contribution in [0.2, 0.25) is 0 Å². The number of carbonyl (C=O) groups excluding carboxylic acids is 2. The van der Waals surface area contributed by atoms with Gasteiger partial charge in [0.15, 0.2) is 0 Å². The number of aliphatic carboxylic acids is 2. The fraction of sp³-hybridized carbons (Fsp3) is 0.939. The average Bonchev–Trinajstić information content (AvgIpc) is 3.72. The van der Waals surface area contributed by atoms with E-state index in [0.717, 1.165) is 94.2 Å². The number of carboxylic acid groups (broad SMARTS) is 2. The van der Waals surface area contributed by atoms with E-state index >= 15 is 0 Å². The van der Waals surface area contributed by atoms with Crippen molar-refractivity contribution in [3.8, 4) is 0 Å². The number of aliphatic hydroxyl groups is 4. The first-order chi connectivity index (χ1) is 20.5. The van der Waals surface area contributed by atoms with Crippen LogP contribution < -0.4 is 10.2 Å². The predicted molar refractivity (Wildman–Crippen MR) is 172 cm³/mol. The van der Waals surface area contributed by atoms with Crippen LogP contribution in [0.25, 0.3) is 0 Å². The van der Waals surface area contributed by atoms with E-state index < -0.39 is 11.9 Å². The maximum Gasteiger partial charge on any atom is 2.00 e. The summed E-state index contributed by atoms with van der Waals surface area (Å²) in [6, 6.07) is 0. The summed E-state index contributed by atoms with van der Waals surface area (Å²) in [4.78, 5) is 17.8. The second-order valence-corrected chi connectivity index (χ2v) is 16.6. The third-order valence-corrected chi connectivity index (χ3v) is 12.9. The van der Waals surface area contributed by atoms with Gasteiger partial charge in [0, 0.05) is 11.9 Å². The number of carboxylic acids is 2. The molecule has 10 unspecified atom stereocenters. The van der Waals surface area contributed by atoms with Gasteiger partial charge in [-0.2, -0.15) is 0 Å². The molecule has 0 heterocycles. The van der Waals surface area contributed by atoms with Crippen molar-refractivity contribution in [3.63, 3.8) is 0 Å². The van der Waals surface area contributed by atoms with Crippen LogP contribution in [0.5, 0.6) is 0 Å². The van der Waals surface area contributed by atoms with Crippen molar-refractivity contribution in [2.45, 2.75) is 135 Å². The zero-order valence-corrected chi connectivity index (χ0v) is 30.5. The van der Waals surface area contributed by atoms with Gasteiger partial charge < -0.3 is 40.2 Å². The van der Waals surface area contributed by atoms with E-state index in [9.17, 15) is 20.4 Å². The number of carbonyl (C=O) groups is 2. The smallest absolute Gasteiger partial charge is 0.550 e. The Morgan fingerprint density at radius 3 is 1.02 bits per heavy atom. The van der Waals surface area contributed by atoms with Crippen LogP contribution >= 0.6 is 17.2 Å². The van der Waals surface area contributed by atoms with Crippen molar-refractivity contribution in [3.05, 3.63) is 0 Å². The number of aliphatic hydroxyl groups excluding tert-OH is 4. The fourth-order valence-corrected chi connectivity index (χ4v) is 11.1. The van der Waals surface area contributed by atoms with Crippen molar-refractivity contribution < 1.29 is 60.7 Å². The van der Waals surface area contributed by atoms with Gasteiger partial charge in [-0.3, -0.25) is 0 Å². The number of hydrogen-bond acceptors (Lipinski definition) is 8. The summed E-state index contributed by atoms with van der Waals surface area (Å²) in [5.41, 5.74) is 0. The summed E-state index contributed by atoms with van der Waals surface area (Å²) in [7, 11) is 2.16. The second kappa shape index (κ2) is 23.6. The van der Waals surface area contributed by atoms with Crippen molar-refractivity contribution in [1.82, 2.24) is 0 Å². The van der Waals surface area contributed by atoms with Crippen LogP contribution in [0.1, 0.15) is 110 Å². The van der Waals surface area contributed by atoms with Crippen LogP contribution in [0, 0.1) is 35.5 Å². The van der Waals surface area contributed by atoms with Gasteiger partial charge in [0.05, 0.1) is 24.4 Å². The van der Waals surface area contributed by atoms with E-state index in [4.69, 9.17) is 19.8 Å². The Labute approximate surface area is 283 Å². The quantitative estimate of drug-likeness (QED) is 0.120. The molecule has 0 spiro atoms. The van der Waals surface area contributed by atoms with E-state index in [-0.39, 0.29) is 44.8 Å². The Balaban J connectivity index is 0.000000962. The minimum Gasteiger partial charge on any atom is -0.550 e. The van der Waals surface area contributed by atoms with Crippen LogP contribution in [-0.4, -0.2) is 81.4 Å². The standard InChI is InChI=1S/C29H54O4P2.2C2H4O2.Pd/c30-24-6-2-20(16-24)28(21-3-7-25(31)17-21)10-14-34-12-1-13-35-15-11-29(22-4-8-26(32)18-22)23-5-9-27(33)19-23;2*1-2(3)4;/h20-35H,1-19H2;2*1H3,(H,3,4);/q;;;+2/p-2. The number of hydrogen-bond donors (Lipinski definition) is 4. The molecule has 4 aliphatic carbocycles. The van der Waals surface area contributed by atoms with Gasteiger partial charge in [-0.15, -0.1) is 17.2 Å². The maximum absolute atomic E-state index is 10.1. The summed E-state index contributed by atoms with van der Waals surface area (Å²) >= 11 is 0. The van der Waals surface area contributed by atoms with Gasteiger partial charge in [-0.1, -0.05) is 0 Å². The van der Waals surface area contributed by atoms with Gasteiger partial charge in [0.2, 0.25) is 0 Å². The van der Waals surface area contributed by atoms with Gasteiger partial charge >= 0.3 is 20.4 Å². The molecule has 4 fully saturated rings. The third kappa shape index (κ3) is 17.5. The molecule has 0 aromatic heterocycles. The number of rotatable bonds is 14. The molecule has 0 aromatic rings. The normalized spacial score (nSPS) is 33.0. The predicted octanol–water partition coefficient (Wildman–Crippen LogP) is 2.90. The van der Waals surface area contributed by atoms with Crippen LogP contribution in [0.4, 0.5) is 0 Å². The van der Waals surface area contributed by atoms with Crippen molar-refractivity contribution in [2.24, 2.45) is 35.5 Å². The molecule has 4 N–H and O–H groups in total. The zero-order chi connectivity index (χ0) is 31.8. The topological polar surface area (TPSA) is 161 Å². The van der Waals surface area contributed by atoms with Crippen molar-refractivity contribution in [1.29, 1.82) is 0 Å². The Bertz CT molecular complexity index is 683. The van der Waals surface area contributed by atoms with Gasteiger partial charge in [0.1, 0.15) is 0 Å².